The van der Waals surface area contributed by atoms with Gasteiger partial charge < -0.3 is 15.0 Å². The standard InChI is InChI=1S/C29H34ClN3O5S2/c1-5-31-29(35)21(3)32(19-22-7-9-23(30)10-8-22)28(34)20-33(24-11-13-25(14-12-24)38-6-2)40(36,37)27-17-15-26(39-4)16-18-27/h7-18,21H,5-6,19-20H2,1-4H3,(H,31,35). The van der Waals surface area contributed by atoms with Crippen LogP contribution in [-0.2, 0) is 26.2 Å². The average Bonchev–Trinajstić information content (AvgIpc) is 2.96. The summed E-state index contributed by atoms with van der Waals surface area (Å²) in [6, 6.07) is 19.1. The second-order valence-corrected chi connectivity index (χ2v) is 12.0. The average molecular weight is 604 g/mol. The number of halogens is 1. The van der Waals surface area contributed by atoms with E-state index in [0.29, 0.717) is 29.6 Å². The Hall–Kier alpha value is -3.21. The Bertz CT molecular complexity index is 1380. The number of amides is 2. The van der Waals surface area contributed by atoms with E-state index >= 15 is 0 Å². The second kappa shape index (κ2) is 14.4. The topological polar surface area (TPSA) is 96.0 Å². The fraction of sp³-hybridized carbons (Fsp3) is 0.310. The van der Waals surface area contributed by atoms with E-state index in [9.17, 15) is 18.0 Å². The van der Waals surface area contributed by atoms with Crippen molar-refractivity contribution >= 4 is 50.9 Å². The van der Waals surface area contributed by atoms with E-state index in [4.69, 9.17) is 16.3 Å². The maximum absolute atomic E-state index is 13.9. The van der Waals surface area contributed by atoms with Gasteiger partial charge in [0.15, 0.2) is 0 Å². The van der Waals surface area contributed by atoms with Crippen LogP contribution in [0.2, 0.25) is 5.02 Å². The Labute approximate surface area is 245 Å². The first kappa shape index (κ1) is 31.3. The molecule has 3 aromatic rings. The molecule has 40 heavy (non-hydrogen) atoms. The molecule has 0 spiro atoms. The minimum Gasteiger partial charge on any atom is -0.494 e. The molecule has 3 aromatic carbocycles. The molecule has 3 rings (SSSR count). The molecule has 0 aliphatic heterocycles. The highest BCUT2D eigenvalue weighted by atomic mass is 35.5. The number of benzene rings is 3. The van der Waals surface area contributed by atoms with Crippen LogP contribution in [0, 0.1) is 0 Å². The molecule has 214 valence electrons. The van der Waals surface area contributed by atoms with Gasteiger partial charge in [0.25, 0.3) is 10.0 Å². The van der Waals surface area contributed by atoms with Gasteiger partial charge in [0.1, 0.15) is 18.3 Å². The zero-order valence-corrected chi connectivity index (χ0v) is 25.4. The lowest BCUT2D eigenvalue weighted by atomic mass is 10.1. The van der Waals surface area contributed by atoms with Crippen molar-refractivity contribution in [2.24, 2.45) is 0 Å². The van der Waals surface area contributed by atoms with Gasteiger partial charge in [0.05, 0.1) is 17.2 Å². The third-order valence-electron chi connectivity index (χ3n) is 6.15. The predicted molar refractivity (Wildman–Crippen MR) is 161 cm³/mol. The molecule has 0 fully saturated rings. The molecule has 0 radical (unpaired) electrons. The van der Waals surface area contributed by atoms with Crippen LogP contribution in [0.5, 0.6) is 5.75 Å². The van der Waals surface area contributed by atoms with E-state index in [0.717, 1.165) is 14.8 Å². The lowest BCUT2D eigenvalue weighted by Gasteiger charge is -2.32. The number of hydrogen-bond acceptors (Lipinski definition) is 6. The number of anilines is 1. The van der Waals surface area contributed by atoms with Crippen LogP contribution < -0.4 is 14.4 Å². The number of hydrogen-bond donors (Lipinski definition) is 1. The van der Waals surface area contributed by atoms with Gasteiger partial charge in [-0.3, -0.25) is 13.9 Å². The molecule has 1 atom stereocenters. The van der Waals surface area contributed by atoms with Gasteiger partial charge in [-0.1, -0.05) is 23.7 Å². The summed E-state index contributed by atoms with van der Waals surface area (Å²) in [5, 5.41) is 3.28. The summed E-state index contributed by atoms with van der Waals surface area (Å²) in [5.74, 6) is -0.298. The van der Waals surface area contributed by atoms with E-state index < -0.39 is 28.5 Å². The van der Waals surface area contributed by atoms with Crippen LogP contribution in [0.1, 0.15) is 26.3 Å². The molecule has 0 bridgehead atoms. The summed E-state index contributed by atoms with van der Waals surface area (Å²) >= 11 is 7.53. The summed E-state index contributed by atoms with van der Waals surface area (Å²) in [7, 11) is -4.15. The molecule has 11 heteroatoms. The summed E-state index contributed by atoms with van der Waals surface area (Å²) in [5.41, 5.74) is 1.04. The van der Waals surface area contributed by atoms with E-state index in [1.54, 1.807) is 74.5 Å². The molecule has 2 amide bonds. The lowest BCUT2D eigenvalue weighted by Crippen LogP contribution is -2.51. The third kappa shape index (κ3) is 7.93. The molecule has 0 saturated heterocycles. The molecular formula is C29H34ClN3O5S2. The Morgan fingerprint density at radius 2 is 1.60 bits per heavy atom. The van der Waals surface area contributed by atoms with Crippen molar-refractivity contribution in [3.8, 4) is 5.75 Å². The normalized spacial score (nSPS) is 11.9. The van der Waals surface area contributed by atoms with Crippen LogP contribution in [0.25, 0.3) is 0 Å². The Kier molecular flexibility index (Phi) is 11.3. The predicted octanol–water partition coefficient (Wildman–Crippen LogP) is 5.21. The van der Waals surface area contributed by atoms with Crippen molar-refractivity contribution in [2.45, 2.75) is 43.1 Å². The molecule has 0 aliphatic carbocycles. The molecular weight excluding hydrogens is 570 g/mol. The fourth-order valence-corrected chi connectivity index (χ4v) is 5.92. The van der Waals surface area contributed by atoms with E-state index in [-0.39, 0.29) is 17.3 Å². The summed E-state index contributed by atoms with van der Waals surface area (Å²) < 4.78 is 34.4. The van der Waals surface area contributed by atoms with Crippen molar-refractivity contribution in [3.63, 3.8) is 0 Å². The van der Waals surface area contributed by atoms with E-state index in [1.165, 1.54) is 28.8 Å². The number of nitrogens with zero attached hydrogens (tertiary/aromatic N) is 2. The van der Waals surface area contributed by atoms with Crippen LogP contribution in [0.3, 0.4) is 0 Å². The van der Waals surface area contributed by atoms with Crippen LogP contribution in [0.4, 0.5) is 5.69 Å². The first-order chi connectivity index (χ1) is 19.1. The number of thioether (sulfide) groups is 1. The molecule has 0 heterocycles. The Morgan fingerprint density at radius 1 is 0.975 bits per heavy atom. The van der Waals surface area contributed by atoms with Gasteiger partial charge in [-0.15, -0.1) is 11.8 Å². The fourth-order valence-electron chi connectivity index (χ4n) is 3.97. The highest BCUT2D eigenvalue weighted by molar-refractivity contribution is 7.98. The number of ether oxygens (including phenoxy) is 1. The van der Waals surface area contributed by atoms with E-state index in [2.05, 4.69) is 5.32 Å². The number of likely N-dealkylation sites (N-methyl/N-ethyl adjacent to an activating group) is 1. The number of carbonyl (C=O) groups is 2. The molecule has 1 unspecified atom stereocenters. The quantitative estimate of drug-likeness (QED) is 0.270. The molecule has 0 aromatic heterocycles. The van der Waals surface area contributed by atoms with E-state index in [1.807, 2.05) is 13.2 Å². The van der Waals surface area contributed by atoms with Gasteiger partial charge in [-0.05, 0) is 93.3 Å². The zero-order valence-electron chi connectivity index (χ0n) is 23.0. The number of carbonyl (C=O) groups excluding carboxylic acids is 2. The number of nitrogens with one attached hydrogen (secondary N) is 1. The SMILES string of the molecule is CCNC(=O)C(C)N(Cc1ccc(Cl)cc1)C(=O)CN(c1ccc(OCC)cc1)S(=O)(=O)c1ccc(SC)cc1. The monoisotopic (exact) mass is 603 g/mol. The molecule has 0 aliphatic rings. The van der Waals surface area contributed by atoms with Crippen LogP contribution in [0.15, 0.2) is 82.6 Å². The maximum Gasteiger partial charge on any atom is 0.264 e. The maximum atomic E-state index is 13.9. The first-order valence-corrected chi connectivity index (χ1v) is 15.9. The van der Waals surface area contributed by atoms with Gasteiger partial charge in [-0.25, -0.2) is 8.42 Å². The van der Waals surface area contributed by atoms with Gasteiger partial charge >= 0.3 is 0 Å². The largest absolute Gasteiger partial charge is 0.494 e. The number of sulfonamides is 1. The highest BCUT2D eigenvalue weighted by Crippen LogP contribution is 2.28. The van der Waals surface area contributed by atoms with Gasteiger partial charge in [0.2, 0.25) is 11.8 Å². The highest BCUT2D eigenvalue weighted by Gasteiger charge is 2.32. The smallest absolute Gasteiger partial charge is 0.264 e. The Balaban J connectivity index is 2.02. The minimum atomic E-state index is -4.15. The van der Waals surface area contributed by atoms with Crippen molar-refractivity contribution in [1.82, 2.24) is 10.2 Å². The van der Waals surface area contributed by atoms with Crippen molar-refractivity contribution in [2.75, 3.05) is 30.3 Å². The van der Waals surface area contributed by atoms with Crippen molar-refractivity contribution < 1.29 is 22.7 Å². The summed E-state index contributed by atoms with van der Waals surface area (Å²) in [4.78, 5) is 29.0. The number of rotatable bonds is 13. The van der Waals surface area contributed by atoms with Crippen molar-refractivity contribution in [1.29, 1.82) is 0 Å². The second-order valence-electron chi connectivity index (χ2n) is 8.83. The summed E-state index contributed by atoms with van der Waals surface area (Å²) in [6.45, 7) is 5.69. The lowest BCUT2D eigenvalue weighted by molar-refractivity contribution is -0.139. The third-order valence-corrected chi connectivity index (χ3v) is 8.93. The first-order valence-electron chi connectivity index (χ1n) is 12.8. The zero-order chi connectivity index (χ0) is 29.3. The Morgan fingerprint density at radius 3 is 2.15 bits per heavy atom. The van der Waals surface area contributed by atoms with Gasteiger partial charge in [-0.2, -0.15) is 0 Å². The van der Waals surface area contributed by atoms with Crippen LogP contribution >= 0.6 is 23.4 Å². The molecule has 1 N–H and O–H groups in total. The van der Waals surface area contributed by atoms with Crippen LogP contribution in [-0.4, -0.2) is 57.1 Å². The molecule has 8 nitrogen and oxygen atoms in total. The summed E-state index contributed by atoms with van der Waals surface area (Å²) in [6.07, 6.45) is 1.90. The van der Waals surface area contributed by atoms with Crippen molar-refractivity contribution in [3.05, 3.63) is 83.4 Å². The minimum absolute atomic E-state index is 0.0491. The van der Waals surface area contributed by atoms with Gasteiger partial charge in [0, 0.05) is 23.0 Å². The molecule has 0 saturated carbocycles.